The molecule has 0 aliphatic rings. The predicted molar refractivity (Wildman–Crippen MR) is 61.3 cm³/mol. The van der Waals surface area contributed by atoms with Crippen LogP contribution in [0.5, 0.6) is 0 Å². The molecule has 0 bridgehead atoms. The molecule has 0 spiro atoms. The van der Waals surface area contributed by atoms with Crippen molar-refractivity contribution < 1.29 is 8.78 Å². The van der Waals surface area contributed by atoms with Crippen molar-refractivity contribution in [3.63, 3.8) is 0 Å². The van der Waals surface area contributed by atoms with Gasteiger partial charge in [-0.2, -0.15) is 0 Å². The second-order valence-electron chi connectivity index (χ2n) is 3.21. The minimum atomic E-state index is -0.381. The first-order valence-electron chi connectivity index (χ1n) is 4.64. The summed E-state index contributed by atoms with van der Waals surface area (Å²) < 4.78 is 26.3. The summed E-state index contributed by atoms with van der Waals surface area (Å²) in [5.41, 5.74) is 6.12. The molecule has 82 valence electrons. The van der Waals surface area contributed by atoms with Crippen LogP contribution in [0.15, 0.2) is 52.3 Å². The minimum absolute atomic E-state index is 0.337. The van der Waals surface area contributed by atoms with E-state index in [2.05, 4.69) is 0 Å². The zero-order valence-corrected chi connectivity index (χ0v) is 9.10. The molecule has 0 heterocycles. The topological polar surface area (TPSA) is 26.0 Å². The monoisotopic (exact) mass is 237 g/mol. The predicted octanol–water partition coefficient (Wildman–Crippen LogP) is 3.70. The van der Waals surface area contributed by atoms with Crippen LogP contribution in [-0.2, 0) is 0 Å². The highest BCUT2D eigenvalue weighted by atomic mass is 32.2. The van der Waals surface area contributed by atoms with Gasteiger partial charge in [0.05, 0.1) is 0 Å². The summed E-state index contributed by atoms with van der Waals surface area (Å²) >= 11 is 1.11. The maximum atomic E-state index is 13.4. The summed E-state index contributed by atoms with van der Waals surface area (Å²) in [5, 5.41) is 0. The SMILES string of the molecule is Nc1ccc(F)cc1Sc1ccccc1F. The smallest absolute Gasteiger partial charge is 0.137 e. The van der Waals surface area contributed by atoms with Crippen molar-refractivity contribution in [1.29, 1.82) is 0 Å². The Labute approximate surface area is 96.3 Å². The quantitative estimate of drug-likeness (QED) is 0.806. The highest BCUT2D eigenvalue weighted by Crippen LogP contribution is 2.33. The molecule has 2 aromatic rings. The second kappa shape index (κ2) is 4.53. The first kappa shape index (κ1) is 11.0. The van der Waals surface area contributed by atoms with E-state index in [-0.39, 0.29) is 11.6 Å². The van der Waals surface area contributed by atoms with Gasteiger partial charge in [-0.1, -0.05) is 23.9 Å². The number of nitrogens with two attached hydrogens (primary N) is 1. The molecule has 16 heavy (non-hydrogen) atoms. The molecule has 0 saturated carbocycles. The zero-order valence-electron chi connectivity index (χ0n) is 8.28. The third-order valence-electron chi connectivity index (χ3n) is 2.03. The molecule has 0 aliphatic heterocycles. The number of hydrogen-bond donors (Lipinski definition) is 1. The van der Waals surface area contributed by atoms with Crippen molar-refractivity contribution in [1.82, 2.24) is 0 Å². The van der Waals surface area contributed by atoms with Crippen LogP contribution in [0.1, 0.15) is 0 Å². The Kier molecular flexibility index (Phi) is 3.10. The van der Waals surface area contributed by atoms with Crippen molar-refractivity contribution in [2.45, 2.75) is 9.79 Å². The van der Waals surface area contributed by atoms with Gasteiger partial charge in [0.2, 0.25) is 0 Å². The van der Waals surface area contributed by atoms with E-state index in [4.69, 9.17) is 5.73 Å². The van der Waals surface area contributed by atoms with Crippen LogP contribution in [0.3, 0.4) is 0 Å². The molecule has 2 aromatic carbocycles. The van der Waals surface area contributed by atoms with E-state index in [1.54, 1.807) is 18.2 Å². The summed E-state index contributed by atoms with van der Waals surface area (Å²) in [6.45, 7) is 0. The summed E-state index contributed by atoms with van der Waals surface area (Å²) in [6.07, 6.45) is 0. The number of nitrogen functional groups attached to an aromatic ring is 1. The van der Waals surface area contributed by atoms with Gasteiger partial charge in [0.1, 0.15) is 11.6 Å². The lowest BCUT2D eigenvalue weighted by Crippen LogP contribution is -1.90. The number of anilines is 1. The van der Waals surface area contributed by atoms with Crippen LogP contribution in [-0.4, -0.2) is 0 Å². The van der Waals surface area contributed by atoms with Crippen molar-refractivity contribution in [3.05, 3.63) is 54.1 Å². The molecule has 4 heteroatoms. The van der Waals surface area contributed by atoms with Crippen LogP contribution in [0, 0.1) is 11.6 Å². The number of rotatable bonds is 2. The van der Waals surface area contributed by atoms with Crippen LogP contribution in [0.4, 0.5) is 14.5 Å². The average molecular weight is 237 g/mol. The lowest BCUT2D eigenvalue weighted by molar-refractivity contribution is 0.601. The van der Waals surface area contributed by atoms with Crippen molar-refractivity contribution in [2.75, 3.05) is 5.73 Å². The van der Waals surface area contributed by atoms with Crippen LogP contribution in [0.25, 0.3) is 0 Å². The molecule has 0 unspecified atom stereocenters. The third kappa shape index (κ3) is 2.33. The molecule has 0 aliphatic carbocycles. The maximum Gasteiger partial charge on any atom is 0.137 e. The van der Waals surface area contributed by atoms with Crippen LogP contribution < -0.4 is 5.73 Å². The van der Waals surface area contributed by atoms with Crippen LogP contribution in [0.2, 0.25) is 0 Å². The molecular weight excluding hydrogens is 228 g/mol. The summed E-state index contributed by atoms with van der Waals surface area (Å²) in [7, 11) is 0. The molecule has 2 rings (SSSR count). The third-order valence-corrected chi connectivity index (χ3v) is 3.16. The molecule has 0 atom stereocenters. The highest BCUT2D eigenvalue weighted by molar-refractivity contribution is 7.99. The van der Waals surface area contributed by atoms with Gasteiger partial charge >= 0.3 is 0 Å². The molecular formula is C12H9F2NS. The number of halogens is 2. The van der Waals surface area contributed by atoms with Gasteiger partial charge in [0.15, 0.2) is 0 Å². The maximum absolute atomic E-state index is 13.4. The zero-order chi connectivity index (χ0) is 11.5. The Morgan fingerprint density at radius 2 is 1.69 bits per heavy atom. The molecule has 0 radical (unpaired) electrons. The highest BCUT2D eigenvalue weighted by Gasteiger charge is 2.06. The molecule has 1 nitrogen and oxygen atoms in total. The van der Waals surface area contributed by atoms with Crippen molar-refractivity contribution >= 4 is 17.4 Å². The van der Waals surface area contributed by atoms with Crippen molar-refractivity contribution in [3.8, 4) is 0 Å². The Balaban J connectivity index is 2.34. The molecule has 0 amide bonds. The largest absolute Gasteiger partial charge is 0.398 e. The standard InChI is InChI=1S/C12H9F2NS/c13-8-5-6-10(15)12(7-8)16-11-4-2-1-3-9(11)14/h1-7H,15H2. The Morgan fingerprint density at radius 3 is 2.44 bits per heavy atom. The van der Waals surface area contributed by atoms with Gasteiger partial charge < -0.3 is 5.73 Å². The molecule has 0 fully saturated rings. The summed E-state index contributed by atoms with van der Waals surface area (Å²) in [6, 6.07) is 10.4. The summed E-state index contributed by atoms with van der Waals surface area (Å²) in [5.74, 6) is -0.718. The normalized spacial score (nSPS) is 10.4. The fraction of sp³-hybridized carbons (Fsp3) is 0. The van der Waals surface area contributed by atoms with Gasteiger partial charge in [-0.3, -0.25) is 0 Å². The first-order valence-corrected chi connectivity index (χ1v) is 5.46. The van der Waals surface area contributed by atoms with E-state index in [9.17, 15) is 8.78 Å². The van der Waals surface area contributed by atoms with E-state index >= 15 is 0 Å². The summed E-state index contributed by atoms with van der Waals surface area (Å²) in [4.78, 5) is 0.949. The second-order valence-corrected chi connectivity index (χ2v) is 4.30. The molecule has 0 saturated heterocycles. The van der Waals surface area contributed by atoms with Crippen LogP contribution >= 0.6 is 11.8 Å². The van der Waals surface area contributed by atoms with Gasteiger partial charge in [0, 0.05) is 15.5 Å². The van der Waals surface area contributed by atoms with E-state index in [1.807, 2.05) is 0 Å². The fourth-order valence-electron chi connectivity index (χ4n) is 1.24. The Morgan fingerprint density at radius 1 is 0.938 bits per heavy atom. The number of hydrogen-bond acceptors (Lipinski definition) is 2. The first-order chi connectivity index (χ1) is 7.66. The minimum Gasteiger partial charge on any atom is -0.398 e. The van der Waals surface area contributed by atoms with Gasteiger partial charge in [0.25, 0.3) is 0 Å². The van der Waals surface area contributed by atoms with E-state index in [1.165, 1.54) is 24.3 Å². The van der Waals surface area contributed by atoms with Crippen molar-refractivity contribution in [2.24, 2.45) is 0 Å². The lowest BCUT2D eigenvalue weighted by atomic mass is 10.3. The lowest BCUT2D eigenvalue weighted by Gasteiger charge is -2.06. The molecule has 2 N–H and O–H groups in total. The van der Waals surface area contributed by atoms with Gasteiger partial charge in [-0.15, -0.1) is 0 Å². The van der Waals surface area contributed by atoms with E-state index in [0.29, 0.717) is 15.5 Å². The van der Waals surface area contributed by atoms with Gasteiger partial charge in [-0.25, -0.2) is 8.78 Å². The number of benzene rings is 2. The Hall–Kier alpha value is -1.55. The fourth-order valence-corrected chi connectivity index (χ4v) is 2.15. The van der Waals surface area contributed by atoms with E-state index in [0.717, 1.165) is 11.8 Å². The van der Waals surface area contributed by atoms with E-state index < -0.39 is 0 Å². The Bertz CT molecular complexity index is 514. The van der Waals surface area contributed by atoms with Gasteiger partial charge in [-0.05, 0) is 30.3 Å². The average Bonchev–Trinajstić information content (AvgIpc) is 2.27. The molecule has 0 aromatic heterocycles.